The molecule has 7 heteroatoms. The highest BCUT2D eigenvalue weighted by atomic mass is 31.2. The van der Waals surface area contributed by atoms with Crippen molar-refractivity contribution in [2.75, 3.05) is 20.4 Å². The molecular weight excluding hydrogens is 221 g/mol. The Balaban J connectivity index is 2.68. The molecule has 86 valence electrons. The lowest BCUT2D eigenvalue weighted by Gasteiger charge is -2.25. The summed E-state index contributed by atoms with van der Waals surface area (Å²) in [6.07, 6.45) is -3.14. The van der Waals surface area contributed by atoms with Crippen molar-refractivity contribution in [1.29, 1.82) is 0 Å². The summed E-state index contributed by atoms with van der Waals surface area (Å²) in [7, 11) is 3.80. The van der Waals surface area contributed by atoms with E-state index < -0.39 is 31.8 Å². The van der Waals surface area contributed by atoms with E-state index >= 15 is 0 Å². The van der Waals surface area contributed by atoms with Crippen molar-refractivity contribution in [3.8, 4) is 0 Å². The fourth-order valence-electron chi connectivity index (χ4n) is 1.43. The predicted octanol–water partition coefficient (Wildman–Crippen LogP) is 0.949. The van der Waals surface area contributed by atoms with E-state index in [9.17, 15) is 8.96 Å². The third-order valence-electron chi connectivity index (χ3n) is 2.00. The smallest absolute Gasteiger partial charge is 0.147 e. The van der Waals surface area contributed by atoms with E-state index in [1.165, 1.54) is 13.8 Å². The Morgan fingerprint density at radius 3 is 2.73 bits per heavy atom. The molecule has 1 aliphatic heterocycles. The van der Waals surface area contributed by atoms with Gasteiger partial charge in [0.2, 0.25) is 0 Å². The SMILES string of the molecule is [B][C@@H]1O[C@H](COC)C(OP([CH2-])(C)=O)[C@@H]1F. The average Bonchev–Trinajstić information content (AvgIpc) is 2.32. The maximum Gasteiger partial charge on any atom is 0.147 e. The summed E-state index contributed by atoms with van der Waals surface area (Å²) >= 11 is 0. The predicted molar refractivity (Wildman–Crippen MR) is 54.9 cm³/mol. The molecule has 2 radical (unpaired) electrons. The van der Waals surface area contributed by atoms with Gasteiger partial charge in [-0.15, -0.1) is 0 Å². The molecule has 0 aromatic rings. The van der Waals surface area contributed by atoms with Crippen LogP contribution in [-0.2, 0) is 18.6 Å². The van der Waals surface area contributed by atoms with Crippen molar-refractivity contribution in [1.82, 2.24) is 0 Å². The van der Waals surface area contributed by atoms with Crippen molar-refractivity contribution in [2.24, 2.45) is 0 Å². The molecule has 0 N–H and O–H groups in total. The van der Waals surface area contributed by atoms with Crippen LogP contribution >= 0.6 is 7.37 Å². The van der Waals surface area contributed by atoms with Crippen molar-refractivity contribution >= 4 is 15.2 Å². The van der Waals surface area contributed by atoms with Crippen molar-refractivity contribution in [2.45, 2.75) is 24.4 Å². The first-order chi connectivity index (χ1) is 6.85. The number of hydrogen-bond acceptors (Lipinski definition) is 4. The van der Waals surface area contributed by atoms with E-state index in [0.717, 1.165) is 0 Å². The standard InChI is InChI=1S/C8H14BFO4P/c1-12-4-5-7(14-15(2,3)11)6(10)8(9)13-5/h5-8H,2,4H2,1,3H3/q-1/t5-,6+,7?,8-,15?/m1/s1. The van der Waals surface area contributed by atoms with E-state index in [-0.39, 0.29) is 6.61 Å². The normalized spacial score (nSPS) is 40.3. The highest BCUT2D eigenvalue weighted by Crippen LogP contribution is 2.45. The maximum atomic E-state index is 13.5. The molecule has 4 nitrogen and oxygen atoms in total. The van der Waals surface area contributed by atoms with Crippen LogP contribution in [0.25, 0.3) is 0 Å². The first-order valence-electron chi connectivity index (χ1n) is 4.49. The molecule has 0 aromatic carbocycles. The fraction of sp³-hybridized carbons (Fsp3) is 0.875. The van der Waals surface area contributed by atoms with Gasteiger partial charge < -0.3 is 18.6 Å². The minimum Gasteiger partial charge on any atom is -0.382 e. The summed E-state index contributed by atoms with van der Waals surface area (Å²) in [6.45, 7) is 4.77. The number of ether oxygens (including phenoxy) is 2. The summed E-state index contributed by atoms with van der Waals surface area (Å²) in [5, 5.41) is 0. The molecule has 15 heavy (non-hydrogen) atoms. The number of methoxy groups -OCH3 is 1. The largest absolute Gasteiger partial charge is 0.382 e. The third-order valence-corrected chi connectivity index (χ3v) is 2.69. The average molecular weight is 235 g/mol. The summed E-state index contributed by atoms with van der Waals surface area (Å²) in [5.41, 5.74) is 0. The first kappa shape index (κ1) is 13.2. The van der Waals surface area contributed by atoms with Gasteiger partial charge in [-0.3, -0.25) is 6.66 Å². The Morgan fingerprint density at radius 1 is 1.67 bits per heavy atom. The fourth-order valence-corrected chi connectivity index (χ4v) is 2.20. The van der Waals surface area contributed by atoms with Crippen LogP contribution < -0.4 is 0 Å². The molecule has 0 aliphatic carbocycles. The molecule has 1 aliphatic rings. The van der Waals surface area contributed by atoms with Gasteiger partial charge in [0.05, 0.1) is 20.0 Å². The number of alkyl halides is 1. The van der Waals surface area contributed by atoms with Crippen LogP contribution in [0, 0.1) is 6.66 Å². The highest BCUT2D eigenvalue weighted by Gasteiger charge is 2.44. The Kier molecular flexibility index (Phi) is 4.35. The van der Waals surface area contributed by atoms with Gasteiger partial charge in [0.1, 0.15) is 26.2 Å². The van der Waals surface area contributed by atoms with Gasteiger partial charge in [-0.25, -0.2) is 4.39 Å². The quantitative estimate of drug-likeness (QED) is 0.413. The Bertz CT molecular complexity index is 259. The van der Waals surface area contributed by atoms with E-state index in [0.29, 0.717) is 0 Å². The van der Waals surface area contributed by atoms with Crippen LogP contribution in [0.15, 0.2) is 0 Å². The zero-order valence-corrected chi connectivity index (χ0v) is 9.65. The lowest BCUT2D eigenvalue weighted by atomic mass is 9.94. The van der Waals surface area contributed by atoms with Crippen LogP contribution in [0.2, 0.25) is 0 Å². The zero-order chi connectivity index (χ0) is 11.6. The van der Waals surface area contributed by atoms with Gasteiger partial charge >= 0.3 is 0 Å². The molecule has 0 amide bonds. The van der Waals surface area contributed by atoms with E-state index in [2.05, 4.69) is 6.66 Å². The molecule has 1 saturated heterocycles. The Morgan fingerprint density at radius 2 is 2.27 bits per heavy atom. The lowest BCUT2D eigenvalue weighted by Crippen LogP contribution is -2.33. The van der Waals surface area contributed by atoms with Crippen molar-refractivity contribution in [3.63, 3.8) is 0 Å². The summed E-state index contributed by atoms with van der Waals surface area (Å²) in [6, 6.07) is -1.07. The zero-order valence-electron chi connectivity index (χ0n) is 8.76. The van der Waals surface area contributed by atoms with Gasteiger partial charge in [-0.1, -0.05) is 0 Å². The summed E-state index contributed by atoms with van der Waals surface area (Å²) in [5.74, 6) is 0. The lowest BCUT2D eigenvalue weighted by molar-refractivity contribution is -0.00972. The van der Waals surface area contributed by atoms with Gasteiger partial charge in [-0.2, -0.15) is 0 Å². The molecule has 5 atom stereocenters. The summed E-state index contributed by atoms with van der Waals surface area (Å²) in [4.78, 5) is 0. The van der Waals surface area contributed by atoms with Crippen molar-refractivity contribution in [3.05, 3.63) is 6.66 Å². The van der Waals surface area contributed by atoms with Crippen LogP contribution in [0.4, 0.5) is 4.39 Å². The minimum absolute atomic E-state index is 0.138. The number of halogens is 1. The van der Waals surface area contributed by atoms with Crippen LogP contribution in [0.1, 0.15) is 0 Å². The van der Waals surface area contributed by atoms with Crippen LogP contribution in [-0.4, -0.2) is 52.6 Å². The number of rotatable bonds is 4. The molecule has 2 unspecified atom stereocenters. The molecule has 1 rings (SSSR count). The molecule has 1 fully saturated rings. The van der Waals surface area contributed by atoms with Crippen molar-refractivity contribution < 1.29 is 23.0 Å². The van der Waals surface area contributed by atoms with Gasteiger partial charge in [0, 0.05) is 7.11 Å². The van der Waals surface area contributed by atoms with Gasteiger partial charge in [-0.05, 0) is 6.66 Å². The van der Waals surface area contributed by atoms with E-state index in [1.807, 2.05) is 0 Å². The van der Waals surface area contributed by atoms with Crippen LogP contribution in [0.3, 0.4) is 0 Å². The van der Waals surface area contributed by atoms with Crippen LogP contribution in [0.5, 0.6) is 0 Å². The minimum atomic E-state index is -3.02. The molecule has 0 aromatic heterocycles. The maximum absolute atomic E-state index is 13.5. The molecule has 0 bridgehead atoms. The highest BCUT2D eigenvalue weighted by molar-refractivity contribution is 7.59. The van der Waals surface area contributed by atoms with E-state index in [1.54, 1.807) is 0 Å². The monoisotopic (exact) mass is 235 g/mol. The van der Waals surface area contributed by atoms with Gasteiger partial charge in [0.15, 0.2) is 0 Å². The summed E-state index contributed by atoms with van der Waals surface area (Å²) < 4.78 is 39.8. The Labute approximate surface area is 90.3 Å². The third kappa shape index (κ3) is 3.56. The van der Waals surface area contributed by atoms with Gasteiger partial charge in [0.25, 0.3) is 0 Å². The second-order valence-corrected chi connectivity index (χ2v) is 5.86. The second-order valence-electron chi connectivity index (χ2n) is 3.62. The molecule has 0 saturated carbocycles. The molecule has 0 spiro atoms. The Hall–Kier alpha value is 0.105. The second kappa shape index (κ2) is 4.96. The molecular formula is C8H14BFO4P-. The topological polar surface area (TPSA) is 44.8 Å². The van der Waals surface area contributed by atoms with E-state index in [4.69, 9.17) is 21.8 Å². The molecule has 1 heterocycles. The number of hydrogen-bond donors (Lipinski definition) is 0. The first-order valence-corrected chi connectivity index (χ1v) is 6.75.